The van der Waals surface area contributed by atoms with Gasteiger partial charge >= 0.3 is 5.97 Å². The Kier molecular flexibility index (Phi) is 4.63. The molecule has 1 heterocycles. The lowest BCUT2D eigenvalue weighted by atomic mass is 9.77. The van der Waals surface area contributed by atoms with Gasteiger partial charge in [0.15, 0.2) is 0 Å². The van der Waals surface area contributed by atoms with Crippen LogP contribution >= 0.6 is 0 Å². The van der Waals surface area contributed by atoms with E-state index >= 15 is 0 Å². The van der Waals surface area contributed by atoms with Gasteiger partial charge in [0.1, 0.15) is 11.7 Å². The summed E-state index contributed by atoms with van der Waals surface area (Å²) in [6, 6.07) is 1.12. The molecule has 0 aromatic carbocycles. The van der Waals surface area contributed by atoms with Crippen molar-refractivity contribution >= 4 is 17.6 Å². The number of carbonyl (C=O) groups is 2. The number of carboxylic acids is 1. The Morgan fingerprint density at radius 3 is 2.57 bits per heavy atom. The van der Waals surface area contributed by atoms with Gasteiger partial charge in [0.2, 0.25) is 0 Å². The standard InChI is InChI=1S/C15H19N3O5/c1-9-3-5-15(6-4-9,14(20)21)17-13(19)12-7-11(18(22)23)8-16-10(12)2/h7-9H,3-6H2,1-2H3,(H,17,19)(H,20,21). The van der Waals surface area contributed by atoms with Crippen molar-refractivity contribution in [2.45, 2.75) is 45.1 Å². The van der Waals surface area contributed by atoms with Crippen molar-refractivity contribution in [1.82, 2.24) is 10.3 Å². The van der Waals surface area contributed by atoms with E-state index in [2.05, 4.69) is 10.3 Å². The number of rotatable bonds is 4. The Bertz CT molecular complexity index is 651. The van der Waals surface area contributed by atoms with Crippen LogP contribution in [0.5, 0.6) is 0 Å². The number of aryl methyl sites for hydroxylation is 1. The van der Waals surface area contributed by atoms with Gasteiger partial charge in [-0.15, -0.1) is 0 Å². The second-order valence-electron chi connectivity index (χ2n) is 6.11. The molecular formula is C15H19N3O5. The van der Waals surface area contributed by atoms with Gasteiger partial charge in [-0.25, -0.2) is 4.79 Å². The van der Waals surface area contributed by atoms with Crippen molar-refractivity contribution in [2.24, 2.45) is 5.92 Å². The maximum Gasteiger partial charge on any atom is 0.329 e. The van der Waals surface area contributed by atoms with Crippen molar-refractivity contribution in [2.75, 3.05) is 0 Å². The summed E-state index contributed by atoms with van der Waals surface area (Å²) in [7, 11) is 0. The molecule has 1 saturated carbocycles. The second-order valence-corrected chi connectivity index (χ2v) is 6.11. The zero-order chi connectivity index (χ0) is 17.2. The van der Waals surface area contributed by atoms with Crippen molar-refractivity contribution < 1.29 is 19.6 Å². The molecule has 23 heavy (non-hydrogen) atoms. The van der Waals surface area contributed by atoms with Crippen LogP contribution in [0.3, 0.4) is 0 Å². The summed E-state index contributed by atoms with van der Waals surface area (Å²) in [5, 5.41) is 22.9. The lowest BCUT2D eigenvalue weighted by Crippen LogP contribution is -2.56. The number of nitro groups is 1. The van der Waals surface area contributed by atoms with E-state index in [4.69, 9.17) is 0 Å². The summed E-state index contributed by atoms with van der Waals surface area (Å²) >= 11 is 0. The molecule has 8 nitrogen and oxygen atoms in total. The Morgan fingerprint density at radius 1 is 1.43 bits per heavy atom. The fourth-order valence-corrected chi connectivity index (χ4v) is 2.78. The molecule has 1 amide bonds. The molecule has 0 unspecified atom stereocenters. The molecule has 2 N–H and O–H groups in total. The first-order valence-electron chi connectivity index (χ1n) is 7.42. The number of hydrogen-bond donors (Lipinski definition) is 2. The van der Waals surface area contributed by atoms with E-state index in [0.29, 0.717) is 37.3 Å². The second kappa shape index (κ2) is 6.31. The predicted octanol–water partition coefficient (Wildman–Crippen LogP) is 2.06. The van der Waals surface area contributed by atoms with E-state index in [0.717, 1.165) is 12.3 Å². The van der Waals surface area contributed by atoms with Crippen molar-refractivity contribution in [1.29, 1.82) is 0 Å². The van der Waals surface area contributed by atoms with Crippen molar-refractivity contribution in [3.63, 3.8) is 0 Å². The number of amides is 1. The summed E-state index contributed by atoms with van der Waals surface area (Å²) in [5.41, 5.74) is -1.28. The molecule has 1 aromatic rings. The molecule has 0 spiro atoms. The SMILES string of the molecule is Cc1ncc([N+](=O)[O-])cc1C(=O)NC1(C(=O)O)CCC(C)CC1. The average Bonchev–Trinajstić information content (AvgIpc) is 2.49. The van der Waals surface area contributed by atoms with Gasteiger partial charge in [0, 0.05) is 6.07 Å². The summed E-state index contributed by atoms with van der Waals surface area (Å²) in [6.45, 7) is 3.59. The average molecular weight is 321 g/mol. The number of pyridine rings is 1. The van der Waals surface area contributed by atoms with Crippen LogP contribution in [0.25, 0.3) is 0 Å². The van der Waals surface area contributed by atoms with Crippen LogP contribution in [0, 0.1) is 23.0 Å². The van der Waals surface area contributed by atoms with Gasteiger partial charge in [-0.1, -0.05) is 6.92 Å². The first kappa shape index (κ1) is 16.9. The first-order valence-corrected chi connectivity index (χ1v) is 7.42. The quantitative estimate of drug-likeness (QED) is 0.646. The molecule has 1 fully saturated rings. The highest BCUT2D eigenvalue weighted by molar-refractivity contribution is 5.99. The van der Waals surface area contributed by atoms with Gasteiger partial charge in [-0.2, -0.15) is 0 Å². The maximum atomic E-state index is 12.5. The van der Waals surface area contributed by atoms with Crippen LogP contribution in [0.2, 0.25) is 0 Å². The smallest absolute Gasteiger partial charge is 0.329 e. The summed E-state index contributed by atoms with van der Waals surface area (Å²) in [6.07, 6.45) is 3.17. The number of aliphatic carboxylic acids is 1. The van der Waals surface area contributed by atoms with E-state index in [1.165, 1.54) is 0 Å². The summed E-state index contributed by atoms with van der Waals surface area (Å²) in [4.78, 5) is 38.2. The molecule has 0 aliphatic heterocycles. The molecule has 0 saturated heterocycles. The summed E-state index contributed by atoms with van der Waals surface area (Å²) < 4.78 is 0. The molecule has 0 radical (unpaired) electrons. The zero-order valence-corrected chi connectivity index (χ0v) is 13.0. The minimum absolute atomic E-state index is 0.0263. The molecular weight excluding hydrogens is 302 g/mol. The number of aromatic nitrogens is 1. The number of nitrogens with zero attached hydrogens (tertiary/aromatic N) is 2. The Morgan fingerprint density at radius 2 is 2.04 bits per heavy atom. The Balaban J connectivity index is 2.28. The minimum Gasteiger partial charge on any atom is -0.480 e. The van der Waals surface area contributed by atoms with Gasteiger partial charge in [-0.05, 0) is 38.5 Å². The maximum absolute atomic E-state index is 12.5. The van der Waals surface area contributed by atoms with Crippen LogP contribution in [-0.2, 0) is 4.79 Å². The Hall–Kier alpha value is -2.51. The van der Waals surface area contributed by atoms with Gasteiger partial charge in [0.25, 0.3) is 11.6 Å². The van der Waals surface area contributed by atoms with Crippen molar-refractivity contribution in [3.05, 3.63) is 33.6 Å². The molecule has 124 valence electrons. The van der Waals surface area contributed by atoms with Crippen LogP contribution in [-0.4, -0.2) is 32.4 Å². The third-order valence-electron chi connectivity index (χ3n) is 4.42. The molecule has 1 aromatic heterocycles. The van der Waals surface area contributed by atoms with E-state index < -0.39 is 22.3 Å². The largest absolute Gasteiger partial charge is 0.480 e. The molecule has 1 aliphatic carbocycles. The number of hydrogen-bond acceptors (Lipinski definition) is 5. The van der Waals surface area contributed by atoms with Gasteiger partial charge < -0.3 is 10.4 Å². The molecule has 2 rings (SSSR count). The number of carboxylic acid groups (broad SMARTS) is 1. The number of carbonyl (C=O) groups excluding carboxylic acids is 1. The molecule has 1 aliphatic rings. The minimum atomic E-state index is -1.32. The Labute approximate surface area is 133 Å². The van der Waals surface area contributed by atoms with Crippen LogP contribution in [0.4, 0.5) is 5.69 Å². The fourth-order valence-electron chi connectivity index (χ4n) is 2.78. The van der Waals surface area contributed by atoms with E-state index in [1.54, 1.807) is 6.92 Å². The van der Waals surface area contributed by atoms with E-state index in [1.807, 2.05) is 6.92 Å². The predicted molar refractivity (Wildman–Crippen MR) is 81.1 cm³/mol. The fraction of sp³-hybridized carbons (Fsp3) is 0.533. The van der Waals surface area contributed by atoms with Gasteiger partial charge in [-0.3, -0.25) is 19.9 Å². The van der Waals surface area contributed by atoms with Gasteiger partial charge in [0.05, 0.1) is 16.2 Å². The normalized spacial score (nSPS) is 24.0. The molecule has 0 bridgehead atoms. The van der Waals surface area contributed by atoms with Crippen LogP contribution in [0.1, 0.15) is 48.7 Å². The lowest BCUT2D eigenvalue weighted by Gasteiger charge is -2.36. The van der Waals surface area contributed by atoms with Crippen molar-refractivity contribution in [3.8, 4) is 0 Å². The van der Waals surface area contributed by atoms with Crippen LogP contribution in [0.15, 0.2) is 12.3 Å². The van der Waals surface area contributed by atoms with Crippen LogP contribution < -0.4 is 5.32 Å². The highest BCUT2D eigenvalue weighted by Gasteiger charge is 2.42. The summed E-state index contributed by atoms with van der Waals surface area (Å²) in [5.74, 6) is -1.30. The highest BCUT2D eigenvalue weighted by atomic mass is 16.6. The monoisotopic (exact) mass is 321 g/mol. The molecule has 8 heteroatoms. The third kappa shape index (κ3) is 3.46. The number of nitrogens with one attached hydrogen (secondary N) is 1. The third-order valence-corrected chi connectivity index (χ3v) is 4.42. The topological polar surface area (TPSA) is 122 Å². The van der Waals surface area contributed by atoms with E-state index in [-0.39, 0.29) is 11.3 Å². The molecule has 0 atom stereocenters. The lowest BCUT2D eigenvalue weighted by molar-refractivity contribution is -0.385. The first-order chi connectivity index (χ1) is 10.7. The zero-order valence-electron chi connectivity index (χ0n) is 13.0. The van der Waals surface area contributed by atoms with E-state index in [9.17, 15) is 24.8 Å². The highest BCUT2D eigenvalue weighted by Crippen LogP contribution is 2.32.